The van der Waals surface area contributed by atoms with Crippen molar-refractivity contribution in [2.75, 3.05) is 40.3 Å². The first-order chi connectivity index (χ1) is 16.7. The molecule has 5 rings (SSSR count). The quantitative estimate of drug-likeness (QED) is 0.179. The number of hydrogen-bond donors (Lipinski definition) is 0. The van der Waals surface area contributed by atoms with Crippen LogP contribution in [0.4, 0.5) is 5.69 Å². The number of nitro groups is 1. The Morgan fingerprint density at radius 1 is 1.14 bits per heavy atom. The molecule has 0 N–H and O–H groups in total. The van der Waals surface area contributed by atoms with Crippen LogP contribution in [0.2, 0.25) is 0 Å². The van der Waals surface area contributed by atoms with E-state index >= 15 is 0 Å². The minimum Gasteiger partial charge on any atom is -0.458 e. The van der Waals surface area contributed by atoms with Gasteiger partial charge < -0.3 is 14.1 Å². The van der Waals surface area contributed by atoms with Crippen molar-refractivity contribution in [3.63, 3.8) is 0 Å². The van der Waals surface area contributed by atoms with Crippen LogP contribution in [-0.4, -0.2) is 65.3 Å². The van der Waals surface area contributed by atoms with E-state index in [0.717, 1.165) is 26.2 Å². The van der Waals surface area contributed by atoms with E-state index < -0.39 is 18.7 Å². The van der Waals surface area contributed by atoms with Gasteiger partial charge in [-0.05, 0) is 37.3 Å². The van der Waals surface area contributed by atoms with Crippen molar-refractivity contribution in [2.45, 2.75) is 13.0 Å². The Morgan fingerprint density at radius 2 is 1.83 bits per heavy atom. The van der Waals surface area contributed by atoms with Crippen LogP contribution in [0.3, 0.4) is 0 Å². The van der Waals surface area contributed by atoms with E-state index in [1.807, 2.05) is 9.34 Å². The van der Waals surface area contributed by atoms with Gasteiger partial charge in [-0.3, -0.25) is 24.0 Å². The zero-order chi connectivity index (χ0) is 24.9. The SMILES string of the molecule is CC(OP(=O)(N1CC1)N1CC1)c1cc2cc(Oc3cccc(C(=O)N(C)C)c3)c([N+](=O)[O-])cc2o1. The molecule has 2 saturated heterocycles. The van der Waals surface area contributed by atoms with Crippen LogP contribution < -0.4 is 4.74 Å². The molecule has 1 atom stereocenters. The molecule has 0 bridgehead atoms. The molecular weight excluding hydrogens is 475 g/mol. The standard InChI is InChI=1S/C23H25N4O7P/c1-15(34-35(31,25-7-8-25)26-9-10-26)20-12-17-13-22(19(27(29)30)14-21(17)33-20)32-18-6-4-5-16(11-18)23(28)24(2)3/h4-6,11-15H,7-10H2,1-3H3. The zero-order valence-electron chi connectivity index (χ0n) is 19.5. The van der Waals surface area contributed by atoms with Gasteiger partial charge in [0.1, 0.15) is 23.2 Å². The van der Waals surface area contributed by atoms with Gasteiger partial charge in [0.05, 0.1) is 11.0 Å². The number of ether oxygens (including phenoxy) is 1. The summed E-state index contributed by atoms with van der Waals surface area (Å²) in [6.45, 7) is 4.67. The fraction of sp³-hybridized carbons (Fsp3) is 0.348. The zero-order valence-corrected chi connectivity index (χ0v) is 20.4. The Hall–Kier alpha value is -3.24. The molecule has 0 radical (unpaired) electrons. The Morgan fingerprint density at radius 3 is 2.43 bits per heavy atom. The van der Waals surface area contributed by atoms with Crippen LogP contribution in [0.15, 0.2) is 46.9 Å². The lowest BCUT2D eigenvalue weighted by Gasteiger charge is -2.22. The molecule has 35 heavy (non-hydrogen) atoms. The summed E-state index contributed by atoms with van der Waals surface area (Å²) in [7, 11) is 0.212. The third-order valence-electron chi connectivity index (χ3n) is 5.79. The van der Waals surface area contributed by atoms with Crippen molar-refractivity contribution in [3.05, 3.63) is 63.9 Å². The summed E-state index contributed by atoms with van der Waals surface area (Å²) >= 11 is 0. The highest BCUT2D eigenvalue weighted by Gasteiger charge is 2.50. The lowest BCUT2D eigenvalue weighted by Crippen LogP contribution is -2.21. The van der Waals surface area contributed by atoms with Crippen molar-refractivity contribution in [2.24, 2.45) is 0 Å². The van der Waals surface area contributed by atoms with Crippen molar-refractivity contribution in [1.29, 1.82) is 0 Å². The molecule has 12 heteroatoms. The molecule has 2 fully saturated rings. The number of furan rings is 1. The molecule has 2 aliphatic heterocycles. The highest BCUT2D eigenvalue weighted by Crippen LogP contribution is 2.63. The third-order valence-corrected chi connectivity index (χ3v) is 8.61. The molecule has 0 spiro atoms. The molecule has 1 unspecified atom stereocenters. The third kappa shape index (κ3) is 4.68. The first kappa shape index (κ1) is 23.5. The molecule has 11 nitrogen and oxygen atoms in total. The summed E-state index contributed by atoms with van der Waals surface area (Å²) in [6.07, 6.45) is -0.619. The smallest absolute Gasteiger partial charge is 0.346 e. The summed E-state index contributed by atoms with van der Waals surface area (Å²) < 4.78 is 34.6. The Labute approximate surface area is 201 Å². The van der Waals surface area contributed by atoms with Crippen molar-refractivity contribution >= 4 is 30.2 Å². The number of nitrogens with zero attached hydrogens (tertiary/aromatic N) is 4. The number of rotatable bonds is 9. The van der Waals surface area contributed by atoms with Crippen molar-refractivity contribution in [3.8, 4) is 11.5 Å². The molecule has 2 aliphatic rings. The minimum absolute atomic E-state index is 0.0109. The summed E-state index contributed by atoms with van der Waals surface area (Å²) in [5.41, 5.74) is 0.407. The van der Waals surface area contributed by atoms with Crippen LogP contribution in [0.5, 0.6) is 11.5 Å². The molecule has 3 aromatic rings. The van der Waals surface area contributed by atoms with Gasteiger partial charge in [0, 0.05) is 51.2 Å². The average molecular weight is 500 g/mol. The van der Waals surface area contributed by atoms with E-state index in [4.69, 9.17) is 13.7 Å². The largest absolute Gasteiger partial charge is 0.458 e. The highest BCUT2D eigenvalue weighted by molar-refractivity contribution is 7.54. The predicted molar refractivity (Wildman–Crippen MR) is 128 cm³/mol. The van der Waals surface area contributed by atoms with Crippen LogP contribution in [0, 0.1) is 10.1 Å². The molecule has 2 aromatic carbocycles. The monoisotopic (exact) mass is 500 g/mol. The first-order valence-electron chi connectivity index (χ1n) is 11.2. The molecule has 1 aromatic heterocycles. The number of nitro benzene ring substituents is 1. The second-order valence-electron chi connectivity index (χ2n) is 8.74. The number of fused-ring (bicyclic) bond motifs is 1. The van der Waals surface area contributed by atoms with Gasteiger partial charge in [0.25, 0.3) is 5.91 Å². The van der Waals surface area contributed by atoms with Gasteiger partial charge in [0.2, 0.25) is 5.75 Å². The fourth-order valence-corrected chi connectivity index (χ4v) is 6.07. The number of carbonyl (C=O) groups excluding carboxylic acids is 1. The van der Waals surface area contributed by atoms with E-state index in [0.29, 0.717) is 28.0 Å². The topological polar surface area (TPSA) is 118 Å². The van der Waals surface area contributed by atoms with Crippen molar-refractivity contribution < 1.29 is 28.0 Å². The summed E-state index contributed by atoms with van der Waals surface area (Å²) in [5.74, 6) is 0.500. The van der Waals surface area contributed by atoms with E-state index in [1.165, 1.54) is 23.1 Å². The van der Waals surface area contributed by atoms with Gasteiger partial charge in [-0.2, -0.15) is 0 Å². The molecule has 0 aliphatic carbocycles. The van der Waals surface area contributed by atoms with Crippen LogP contribution >= 0.6 is 7.67 Å². The van der Waals surface area contributed by atoms with Crippen LogP contribution in [0.1, 0.15) is 29.1 Å². The number of benzene rings is 2. The maximum absolute atomic E-state index is 13.3. The second kappa shape index (κ2) is 8.76. The Kier molecular flexibility index (Phi) is 5.88. The fourth-order valence-electron chi connectivity index (χ4n) is 3.74. The van der Waals surface area contributed by atoms with Gasteiger partial charge in [0.15, 0.2) is 0 Å². The first-order valence-corrected chi connectivity index (χ1v) is 12.7. The molecule has 0 saturated carbocycles. The van der Waals surface area contributed by atoms with Crippen molar-refractivity contribution in [1.82, 2.24) is 14.2 Å². The average Bonchev–Trinajstić information content (AvgIpc) is 3.73. The van der Waals surface area contributed by atoms with Crippen LogP contribution in [-0.2, 0) is 9.09 Å². The van der Waals surface area contributed by atoms with E-state index in [9.17, 15) is 19.5 Å². The highest BCUT2D eigenvalue weighted by atomic mass is 31.2. The van der Waals surface area contributed by atoms with Gasteiger partial charge in [-0.25, -0.2) is 9.34 Å². The maximum Gasteiger partial charge on any atom is 0.346 e. The molecular formula is C23H25N4O7P. The molecule has 1 amide bonds. The number of carbonyl (C=O) groups is 1. The minimum atomic E-state index is -3.06. The van der Waals surface area contributed by atoms with Gasteiger partial charge in [-0.1, -0.05) is 6.07 Å². The lowest BCUT2D eigenvalue weighted by atomic mass is 10.2. The number of hydrogen-bond acceptors (Lipinski definition) is 7. The summed E-state index contributed by atoms with van der Waals surface area (Å²) in [5, 5.41) is 12.3. The van der Waals surface area contributed by atoms with Crippen LogP contribution in [0.25, 0.3) is 11.0 Å². The summed E-state index contributed by atoms with van der Waals surface area (Å²) in [4.78, 5) is 24.9. The molecule has 3 heterocycles. The second-order valence-corrected chi connectivity index (χ2v) is 11.1. The molecule has 184 valence electrons. The van der Waals surface area contributed by atoms with E-state index in [-0.39, 0.29) is 17.3 Å². The normalized spacial score (nSPS) is 16.8. The predicted octanol–water partition coefficient (Wildman–Crippen LogP) is 4.65. The van der Waals surface area contributed by atoms with Gasteiger partial charge in [-0.15, -0.1) is 0 Å². The number of amides is 1. The van der Waals surface area contributed by atoms with Gasteiger partial charge >= 0.3 is 13.4 Å². The maximum atomic E-state index is 13.3. The summed E-state index contributed by atoms with van der Waals surface area (Å²) in [6, 6.07) is 11.0. The Balaban J connectivity index is 1.44. The van der Waals surface area contributed by atoms with E-state index in [2.05, 4.69) is 0 Å². The lowest BCUT2D eigenvalue weighted by molar-refractivity contribution is -0.385. The van der Waals surface area contributed by atoms with E-state index in [1.54, 1.807) is 45.3 Å². The Bertz CT molecular complexity index is 1350.